The van der Waals surface area contributed by atoms with Gasteiger partial charge in [0.05, 0.1) is 6.42 Å². The van der Waals surface area contributed by atoms with Crippen LogP contribution in [0.25, 0.3) is 0 Å². The molecule has 98 valence electrons. The molecule has 0 radical (unpaired) electrons. The normalized spacial score (nSPS) is 9.89. The number of amides is 2. The first-order chi connectivity index (χ1) is 8.58. The van der Waals surface area contributed by atoms with E-state index in [1.165, 1.54) is 19.1 Å². The molecule has 0 saturated carbocycles. The fourth-order valence-electron chi connectivity index (χ4n) is 1.48. The van der Waals surface area contributed by atoms with Crippen LogP contribution in [0.5, 0.6) is 0 Å². The molecule has 5 heteroatoms. The molecule has 0 unspecified atom stereocenters. The van der Waals surface area contributed by atoms with Crippen molar-refractivity contribution in [3.63, 3.8) is 0 Å². The van der Waals surface area contributed by atoms with Gasteiger partial charge in [-0.15, -0.1) is 0 Å². The largest absolute Gasteiger partial charge is 0.356 e. The van der Waals surface area contributed by atoms with Gasteiger partial charge in [-0.3, -0.25) is 9.59 Å². The Morgan fingerprint density at radius 2 is 1.94 bits per heavy atom. The van der Waals surface area contributed by atoms with Gasteiger partial charge < -0.3 is 10.6 Å². The molecular weight excluding hydrogens is 235 g/mol. The third-order valence-corrected chi connectivity index (χ3v) is 2.30. The zero-order valence-electron chi connectivity index (χ0n) is 10.3. The molecule has 0 aromatic heterocycles. The summed E-state index contributed by atoms with van der Waals surface area (Å²) in [5, 5.41) is 5.35. The number of carbonyl (C=O) groups excluding carboxylic acids is 2. The van der Waals surface area contributed by atoms with E-state index in [4.69, 9.17) is 0 Å². The van der Waals surface area contributed by atoms with E-state index in [1.54, 1.807) is 12.1 Å². The number of hydrogen-bond acceptors (Lipinski definition) is 2. The number of rotatable bonds is 6. The molecule has 1 aromatic carbocycles. The third-order valence-electron chi connectivity index (χ3n) is 2.30. The highest BCUT2D eigenvalue weighted by Crippen LogP contribution is 2.03. The number of halogens is 1. The second kappa shape index (κ2) is 7.42. The Hall–Kier alpha value is -1.91. The standard InChI is InChI=1S/C13H17FN2O2/c1-10(17)15-6-3-7-16-13(18)9-11-4-2-5-12(14)8-11/h2,4-5,8H,3,6-7,9H2,1H3,(H,15,17)(H,16,18). The van der Waals surface area contributed by atoms with E-state index in [0.29, 0.717) is 25.1 Å². The summed E-state index contributed by atoms with van der Waals surface area (Å²) in [5.74, 6) is -0.574. The van der Waals surface area contributed by atoms with E-state index < -0.39 is 0 Å². The van der Waals surface area contributed by atoms with Gasteiger partial charge in [0.15, 0.2) is 0 Å². The van der Waals surface area contributed by atoms with Gasteiger partial charge in [-0.1, -0.05) is 12.1 Å². The maximum absolute atomic E-state index is 12.9. The topological polar surface area (TPSA) is 58.2 Å². The monoisotopic (exact) mass is 252 g/mol. The minimum Gasteiger partial charge on any atom is -0.356 e. The Bertz CT molecular complexity index is 421. The lowest BCUT2D eigenvalue weighted by Gasteiger charge is -2.05. The van der Waals surface area contributed by atoms with Crippen molar-refractivity contribution < 1.29 is 14.0 Å². The summed E-state index contributed by atoms with van der Waals surface area (Å²) in [5.41, 5.74) is 0.648. The smallest absolute Gasteiger partial charge is 0.224 e. The number of hydrogen-bond donors (Lipinski definition) is 2. The van der Waals surface area contributed by atoms with Crippen LogP contribution in [0.4, 0.5) is 4.39 Å². The molecule has 0 aliphatic heterocycles. The average Bonchev–Trinajstić information content (AvgIpc) is 2.28. The lowest BCUT2D eigenvalue weighted by atomic mass is 10.1. The van der Waals surface area contributed by atoms with Gasteiger partial charge >= 0.3 is 0 Å². The maximum atomic E-state index is 12.9. The van der Waals surface area contributed by atoms with Crippen molar-refractivity contribution in [2.45, 2.75) is 19.8 Å². The van der Waals surface area contributed by atoms with Crippen LogP contribution >= 0.6 is 0 Å². The highest BCUT2D eigenvalue weighted by atomic mass is 19.1. The Morgan fingerprint density at radius 1 is 1.22 bits per heavy atom. The predicted molar refractivity (Wildman–Crippen MR) is 66.4 cm³/mol. The first-order valence-corrected chi connectivity index (χ1v) is 5.83. The minimum atomic E-state index is -0.342. The van der Waals surface area contributed by atoms with Crippen molar-refractivity contribution in [2.75, 3.05) is 13.1 Å². The fourth-order valence-corrected chi connectivity index (χ4v) is 1.48. The van der Waals surface area contributed by atoms with Gasteiger partial charge in [-0.2, -0.15) is 0 Å². The van der Waals surface area contributed by atoms with E-state index in [0.717, 1.165) is 0 Å². The minimum absolute atomic E-state index is 0.0823. The van der Waals surface area contributed by atoms with Crippen molar-refractivity contribution in [2.24, 2.45) is 0 Å². The van der Waals surface area contributed by atoms with Gasteiger partial charge in [-0.25, -0.2) is 4.39 Å². The van der Waals surface area contributed by atoms with Gasteiger partial charge in [0.1, 0.15) is 5.82 Å². The van der Waals surface area contributed by atoms with Crippen LogP contribution in [0, 0.1) is 5.82 Å². The fraction of sp³-hybridized carbons (Fsp3) is 0.385. The average molecular weight is 252 g/mol. The Labute approximate surface area is 106 Å². The van der Waals surface area contributed by atoms with Crippen molar-refractivity contribution in [1.82, 2.24) is 10.6 Å². The zero-order chi connectivity index (χ0) is 13.4. The maximum Gasteiger partial charge on any atom is 0.224 e. The highest BCUT2D eigenvalue weighted by Gasteiger charge is 2.03. The molecule has 0 saturated heterocycles. The van der Waals surface area contributed by atoms with Crippen LogP contribution in [-0.4, -0.2) is 24.9 Å². The van der Waals surface area contributed by atoms with Crippen molar-refractivity contribution in [1.29, 1.82) is 0 Å². The molecule has 0 bridgehead atoms. The third kappa shape index (κ3) is 5.98. The van der Waals surface area contributed by atoms with Crippen molar-refractivity contribution >= 4 is 11.8 Å². The lowest BCUT2D eigenvalue weighted by molar-refractivity contribution is -0.120. The van der Waals surface area contributed by atoms with Gasteiger partial charge in [0.25, 0.3) is 0 Å². The van der Waals surface area contributed by atoms with Crippen LogP contribution in [0.2, 0.25) is 0 Å². The molecule has 1 aromatic rings. The number of carbonyl (C=O) groups is 2. The predicted octanol–water partition coefficient (Wildman–Crippen LogP) is 1.01. The van der Waals surface area contributed by atoms with Crippen LogP contribution in [0.1, 0.15) is 18.9 Å². The summed E-state index contributed by atoms with van der Waals surface area (Å²) in [7, 11) is 0. The molecule has 1 rings (SSSR count). The molecular formula is C13H17FN2O2. The first-order valence-electron chi connectivity index (χ1n) is 5.83. The molecule has 0 aliphatic rings. The summed E-state index contributed by atoms with van der Waals surface area (Å²) in [6, 6.07) is 5.97. The summed E-state index contributed by atoms with van der Waals surface area (Å²) in [6.45, 7) is 2.48. The number of benzene rings is 1. The van der Waals surface area contributed by atoms with Crippen LogP contribution in [0.15, 0.2) is 24.3 Å². The molecule has 0 aliphatic carbocycles. The van der Waals surface area contributed by atoms with E-state index in [2.05, 4.69) is 10.6 Å². The van der Waals surface area contributed by atoms with Crippen molar-refractivity contribution in [3.8, 4) is 0 Å². The molecule has 0 heterocycles. The zero-order valence-corrected chi connectivity index (χ0v) is 10.3. The Kier molecular flexibility index (Phi) is 5.84. The molecule has 0 atom stereocenters. The van der Waals surface area contributed by atoms with E-state index in [-0.39, 0.29) is 24.1 Å². The van der Waals surface area contributed by atoms with Crippen LogP contribution in [-0.2, 0) is 16.0 Å². The van der Waals surface area contributed by atoms with Crippen molar-refractivity contribution in [3.05, 3.63) is 35.6 Å². The second-order valence-corrected chi connectivity index (χ2v) is 3.99. The van der Waals surface area contributed by atoms with E-state index in [9.17, 15) is 14.0 Å². The van der Waals surface area contributed by atoms with Gasteiger partial charge in [-0.05, 0) is 24.1 Å². The summed E-state index contributed by atoms with van der Waals surface area (Å²) in [4.78, 5) is 22.1. The molecule has 2 amide bonds. The second-order valence-electron chi connectivity index (χ2n) is 3.99. The molecule has 4 nitrogen and oxygen atoms in total. The molecule has 18 heavy (non-hydrogen) atoms. The Morgan fingerprint density at radius 3 is 2.61 bits per heavy atom. The lowest BCUT2D eigenvalue weighted by Crippen LogP contribution is -2.29. The Balaban J connectivity index is 2.20. The summed E-state index contributed by atoms with van der Waals surface area (Å²) in [6.07, 6.45) is 0.840. The molecule has 0 spiro atoms. The SMILES string of the molecule is CC(=O)NCCCNC(=O)Cc1cccc(F)c1. The highest BCUT2D eigenvalue weighted by molar-refractivity contribution is 5.78. The molecule has 2 N–H and O–H groups in total. The van der Waals surface area contributed by atoms with Gasteiger partial charge in [0.2, 0.25) is 11.8 Å². The van der Waals surface area contributed by atoms with Crippen LogP contribution < -0.4 is 10.6 Å². The summed E-state index contributed by atoms with van der Waals surface area (Å²) >= 11 is 0. The first kappa shape index (κ1) is 14.2. The van der Waals surface area contributed by atoms with Gasteiger partial charge in [0, 0.05) is 20.0 Å². The summed E-state index contributed by atoms with van der Waals surface area (Å²) < 4.78 is 12.9. The quantitative estimate of drug-likeness (QED) is 0.742. The van der Waals surface area contributed by atoms with E-state index in [1.807, 2.05) is 0 Å². The number of nitrogens with one attached hydrogen (secondary N) is 2. The molecule has 0 fully saturated rings. The van der Waals surface area contributed by atoms with E-state index >= 15 is 0 Å². The van der Waals surface area contributed by atoms with Crippen LogP contribution in [0.3, 0.4) is 0 Å².